The molecule has 0 aromatic heterocycles. The Morgan fingerprint density at radius 2 is 1.81 bits per heavy atom. The molecule has 1 unspecified atom stereocenters. The number of rotatable bonds is 3. The molecule has 0 bridgehead atoms. The molecule has 3 nitrogen and oxygen atoms in total. The molecule has 1 saturated carbocycles. The van der Waals surface area contributed by atoms with Crippen LogP contribution in [-0.4, -0.2) is 49.1 Å². The van der Waals surface area contributed by atoms with E-state index in [1.165, 1.54) is 12.8 Å². The molecule has 0 radical (unpaired) electrons. The van der Waals surface area contributed by atoms with E-state index in [-0.39, 0.29) is 23.6 Å². The predicted molar refractivity (Wildman–Crippen MR) is 76.0 cm³/mol. The van der Waals surface area contributed by atoms with Gasteiger partial charge in [-0.3, -0.25) is 9.64 Å². The summed E-state index contributed by atoms with van der Waals surface area (Å²) in [5.74, 6) is 0. The van der Waals surface area contributed by atoms with Crippen LogP contribution >= 0.6 is 0 Å². The van der Waals surface area contributed by atoms with Crippen LogP contribution < -0.4 is 5.32 Å². The van der Waals surface area contributed by atoms with Crippen molar-refractivity contribution in [2.45, 2.75) is 64.4 Å². The van der Waals surface area contributed by atoms with Gasteiger partial charge in [0.05, 0.1) is 6.61 Å². The highest BCUT2D eigenvalue weighted by molar-refractivity contribution is 5.03. The zero-order chi connectivity index (χ0) is 15.7. The summed E-state index contributed by atoms with van der Waals surface area (Å²) in [6, 6.07) is 0.237. The second-order valence-corrected chi connectivity index (χ2v) is 7.51. The van der Waals surface area contributed by atoms with E-state index in [9.17, 15) is 13.2 Å². The van der Waals surface area contributed by atoms with Gasteiger partial charge in [-0.05, 0) is 18.3 Å². The lowest BCUT2D eigenvalue weighted by molar-refractivity contribution is -0.325. The fourth-order valence-corrected chi connectivity index (χ4v) is 3.75. The minimum absolute atomic E-state index is 0.0332. The number of nitrogens with zero attached hydrogens (tertiary/aromatic N) is 1. The van der Waals surface area contributed by atoms with Gasteiger partial charge in [-0.15, -0.1) is 13.2 Å². The normalized spacial score (nSPS) is 27.4. The molecule has 2 fully saturated rings. The summed E-state index contributed by atoms with van der Waals surface area (Å²) in [7, 11) is 0. The van der Waals surface area contributed by atoms with Crippen molar-refractivity contribution in [2.75, 3.05) is 26.2 Å². The van der Waals surface area contributed by atoms with Crippen molar-refractivity contribution in [1.82, 2.24) is 10.2 Å². The van der Waals surface area contributed by atoms with E-state index >= 15 is 0 Å². The van der Waals surface area contributed by atoms with E-state index in [0.29, 0.717) is 6.54 Å². The molecule has 0 amide bonds. The molecule has 1 N–H and O–H groups in total. The lowest BCUT2D eigenvalue weighted by atomic mass is 9.81. The van der Waals surface area contributed by atoms with Crippen molar-refractivity contribution in [1.29, 1.82) is 0 Å². The Labute approximate surface area is 125 Å². The maximum absolute atomic E-state index is 12.2. The number of ether oxygens (including phenoxy) is 1. The standard InChI is InChI=1S/C15H27F3N2O/c1-13(2,3)12-10-19-14(6-4-5-7-14)11-20(12)8-9-21-15(16,17)18/h12,19H,4-11H2,1-3H3. The SMILES string of the molecule is CC(C)(C)C1CNC2(CCCC2)CN1CCOC(F)(F)F. The molecule has 1 spiro atoms. The van der Waals surface area contributed by atoms with E-state index in [1.807, 2.05) is 0 Å². The summed E-state index contributed by atoms with van der Waals surface area (Å²) in [6.45, 7) is 8.15. The Morgan fingerprint density at radius 1 is 1.19 bits per heavy atom. The number of alkyl halides is 3. The van der Waals surface area contributed by atoms with Crippen molar-refractivity contribution in [2.24, 2.45) is 5.41 Å². The molecular weight excluding hydrogens is 281 g/mol. The molecule has 6 heteroatoms. The number of hydrogen-bond acceptors (Lipinski definition) is 3. The highest BCUT2D eigenvalue weighted by atomic mass is 19.4. The molecule has 1 atom stereocenters. The summed E-state index contributed by atoms with van der Waals surface area (Å²) in [5.41, 5.74) is 0.144. The average molecular weight is 308 g/mol. The highest BCUT2D eigenvalue weighted by Crippen LogP contribution is 2.36. The van der Waals surface area contributed by atoms with Crippen molar-refractivity contribution in [3.8, 4) is 0 Å². The van der Waals surface area contributed by atoms with Gasteiger partial charge in [0.1, 0.15) is 0 Å². The van der Waals surface area contributed by atoms with Gasteiger partial charge in [-0.25, -0.2) is 0 Å². The Kier molecular flexibility index (Phi) is 4.90. The maximum atomic E-state index is 12.2. The zero-order valence-corrected chi connectivity index (χ0v) is 13.2. The van der Waals surface area contributed by atoms with Crippen LogP contribution in [0.3, 0.4) is 0 Å². The van der Waals surface area contributed by atoms with Gasteiger partial charge in [-0.1, -0.05) is 33.6 Å². The zero-order valence-electron chi connectivity index (χ0n) is 13.2. The van der Waals surface area contributed by atoms with Crippen molar-refractivity contribution in [3.63, 3.8) is 0 Å². The second kappa shape index (κ2) is 6.05. The number of piperazine rings is 1. The van der Waals surface area contributed by atoms with Crippen molar-refractivity contribution in [3.05, 3.63) is 0 Å². The summed E-state index contributed by atoms with van der Waals surface area (Å²) >= 11 is 0. The maximum Gasteiger partial charge on any atom is 0.522 e. The van der Waals surface area contributed by atoms with Gasteiger partial charge < -0.3 is 5.32 Å². The first kappa shape index (κ1) is 17.0. The molecule has 1 aliphatic carbocycles. The molecule has 1 saturated heterocycles. The Hall–Kier alpha value is -0.330. The second-order valence-electron chi connectivity index (χ2n) is 7.51. The van der Waals surface area contributed by atoms with E-state index in [1.54, 1.807) is 0 Å². The summed E-state index contributed by atoms with van der Waals surface area (Å²) in [5, 5.41) is 3.68. The molecule has 124 valence electrons. The first-order chi connectivity index (χ1) is 9.61. The number of hydrogen-bond donors (Lipinski definition) is 1. The van der Waals surface area contributed by atoms with Gasteiger partial charge in [-0.2, -0.15) is 0 Å². The quantitative estimate of drug-likeness (QED) is 0.867. The first-order valence-corrected chi connectivity index (χ1v) is 7.81. The van der Waals surface area contributed by atoms with Gasteiger partial charge in [0.15, 0.2) is 0 Å². The largest absolute Gasteiger partial charge is 0.522 e. The van der Waals surface area contributed by atoms with Gasteiger partial charge >= 0.3 is 6.36 Å². The topological polar surface area (TPSA) is 24.5 Å². The lowest BCUT2D eigenvalue weighted by Gasteiger charge is -2.50. The van der Waals surface area contributed by atoms with Crippen LogP contribution in [0.4, 0.5) is 13.2 Å². The molecule has 0 aromatic rings. The van der Waals surface area contributed by atoms with Crippen LogP contribution in [0.1, 0.15) is 46.5 Å². The van der Waals surface area contributed by atoms with Crippen LogP contribution in [-0.2, 0) is 4.74 Å². The minimum Gasteiger partial charge on any atom is -0.308 e. The molecule has 21 heavy (non-hydrogen) atoms. The Bertz CT molecular complexity index is 346. The lowest BCUT2D eigenvalue weighted by Crippen LogP contribution is -2.66. The van der Waals surface area contributed by atoms with Crippen LogP contribution in [0.5, 0.6) is 0 Å². The molecule has 1 aliphatic heterocycles. The summed E-state index contributed by atoms with van der Waals surface area (Å²) in [6.07, 6.45) is 0.136. The Morgan fingerprint density at radius 3 is 2.33 bits per heavy atom. The smallest absolute Gasteiger partial charge is 0.308 e. The highest BCUT2D eigenvalue weighted by Gasteiger charge is 2.44. The monoisotopic (exact) mass is 308 g/mol. The van der Waals surface area contributed by atoms with E-state index in [0.717, 1.165) is 25.9 Å². The Balaban J connectivity index is 1.99. The average Bonchev–Trinajstić information content (AvgIpc) is 2.74. The fourth-order valence-electron chi connectivity index (χ4n) is 3.75. The number of halogens is 3. The van der Waals surface area contributed by atoms with Gasteiger partial charge in [0, 0.05) is 31.2 Å². The molecule has 1 heterocycles. The third-order valence-electron chi connectivity index (χ3n) is 4.82. The van der Waals surface area contributed by atoms with Crippen molar-refractivity contribution >= 4 is 0 Å². The molecule has 2 rings (SSSR count). The third-order valence-corrected chi connectivity index (χ3v) is 4.82. The molecule has 2 aliphatic rings. The third kappa shape index (κ3) is 4.57. The predicted octanol–water partition coefficient (Wildman–Crippen LogP) is 3.16. The molecule has 0 aromatic carbocycles. The fraction of sp³-hybridized carbons (Fsp3) is 1.00. The summed E-state index contributed by atoms with van der Waals surface area (Å²) in [4.78, 5) is 2.20. The molecular formula is C15H27F3N2O. The van der Waals surface area contributed by atoms with E-state index in [2.05, 4.69) is 35.7 Å². The summed E-state index contributed by atoms with van der Waals surface area (Å²) < 4.78 is 40.5. The van der Waals surface area contributed by atoms with E-state index < -0.39 is 6.36 Å². The van der Waals surface area contributed by atoms with E-state index in [4.69, 9.17) is 0 Å². The first-order valence-electron chi connectivity index (χ1n) is 7.81. The van der Waals surface area contributed by atoms with Crippen molar-refractivity contribution < 1.29 is 17.9 Å². The van der Waals surface area contributed by atoms with Gasteiger partial charge in [0.2, 0.25) is 0 Å². The minimum atomic E-state index is -4.53. The van der Waals surface area contributed by atoms with Crippen LogP contribution in [0, 0.1) is 5.41 Å². The van der Waals surface area contributed by atoms with Gasteiger partial charge in [0.25, 0.3) is 0 Å². The van der Waals surface area contributed by atoms with Crippen LogP contribution in [0.15, 0.2) is 0 Å². The van der Waals surface area contributed by atoms with Crippen LogP contribution in [0.25, 0.3) is 0 Å². The van der Waals surface area contributed by atoms with Crippen LogP contribution in [0.2, 0.25) is 0 Å². The number of nitrogens with one attached hydrogen (secondary N) is 1.